The van der Waals surface area contributed by atoms with E-state index in [9.17, 15) is 31.1 Å². The standard InChI is InChI=1S/C19H14F6N4O2/c20-18(21,22)13-7-15(19(23,24)25)28-17(12(13)8-26)27-9-16(30)29-5-6-31-10-11-3-1-2-4-14(11)29/h1-4,7H,5-6,9-10H2,(H,27,28). The van der Waals surface area contributed by atoms with Crippen LogP contribution in [0, 0.1) is 11.3 Å². The number of hydrogen-bond acceptors (Lipinski definition) is 5. The molecule has 164 valence electrons. The van der Waals surface area contributed by atoms with Crippen LogP contribution in [0.25, 0.3) is 0 Å². The summed E-state index contributed by atoms with van der Waals surface area (Å²) in [5.41, 5.74) is -3.54. The normalized spacial score (nSPS) is 14.4. The number of pyridine rings is 1. The summed E-state index contributed by atoms with van der Waals surface area (Å²) in [6.45, 7) is -0.124. The van der Waals surface area contributed by atoms with E-state index in [0.717, 1.165) is 0 Å². The first kappa shape index (κ1) is 22.4. The van der Waals surface area contributed by atoms with Crippen molar-refractivity contribution < 1.29 is 35.9 Å². The summed E-state index contributed by atoms with van der Waals surface area (Å²) in [4.78, 5) is 17.1. The molecule has 0 aliphatic carbocycles. The van der Waals surface area contributed by atoms with E-state index < -0.39 is 47.4 Å². The van der Waals surface area contributed by atoms with Gasteiger partial charge in [0.1, 0.15) is 23.1 Å². The van der Waals surface area contributed by atoms with Crippen LogP contribution in [0.2, 0.25) is 0 Å². The molecule has 1 aliphatic rings. The van der Waals surface area contributed by atoms with Crippen molar-refractivity contribution in [2.24, 2.45) is 0 Å². The Morgan fingerprint density at radius 2 is 1.90 bits per heavy atom. The first-order chi connectivity index (χ1) is 14.5. The maximum absolute atomic E-state index is 13.2. The minimum absolute atomic E-state index is 0.131. The second kappa shape index (κ2) is 8.43. The molecule has 2 heterocycles. The second-order valence-corrected chi connectivity index (χ2v) is 6.47. The molecule has 31 heavy (non-hydrogen) atoms. The maximum Gasteiger partial charge on any atom is 0.433 e. The molecule has 0 radical (unpaired) electrons. The highest BCUT2D eigenvalue weighted by atomic mass is 19.4. The molecule has 0 saturated carbocycles. The average molecular weight is 444 g/mol. The molecular formula is C19H14F6N4O2. The van der Waals surface area contributed by atoms with Gasteiger partial charge in [-0.2, -0.15) is 31.6 Å². The van der Waals surface area contributed by atoms with Crippen LogP contribution in [0.15, 0.2) is 30.3 Å². The minimum Gasteiger partial charge on any atom is -0.375 e. The van der Waals surface area contributed by atoms with E-state index in [0.29, 0.717) is 11.3 Å². The van der Waals surface area contributed by atoms with Gasteiger partial charge in [0.25, 0.3) is 0 Å². The molecule has 0 atom stereocenters. The molecule has 12 heteroatoms. The predicted octanol–water partition coefficient (Wildman–Crippen LogP) is 3.97. The summed E-state index contributed by atoms with van der Waals surface area (Å²) in [6, 6.07) is 7.78. The number of aromatic nitrogens is 1. The van der Waals surface area contributed by atoms with E-state index in [4.69, 9.17) is 10.00 Å². The summed E-state index contributed by atoms with van der Waals surface area (Å²) in [7, 11) is 0. The first-order valence-electron chi connectivity index (χ1n) is 8.81. The van der Waals surface area contributed by atoms with Gasteiger partial charge in [0, 0.05) is 17.8 Å². The molecule has 0 unspecified atom stereocenters. The summed E-state index contributed by atoms with van der Waals surface area (Å²) in [5.74, 6) is -1.62. The molecule has 1 aromatic heterocycles. The largest absolute Gasteiger partial charge is 0.433 e. The van der Waals surface area contributed by atoms with Crippen molar-refractivity contribution in [3.63, 3.8) is 0 Å². The molecule has 0 fully saturated rings. The van der Waals surface area contributed by atoms with Crippen molar-refractivity contribution in [3.8, 4) is 6.07 Å². The van der Waals surface area contributed by atoms with Crippen LogP contribution in [-0.4, -0.2) is 30.6 Å². The van der Waals surface area contributed by atoms with Crippen molar-refractivity contribution in [1.82, 2.24) is 4.98 Å². The molecular weight excluding hydrogens is 430 g/mol. The molecule has 1 N–H and O–H groups in total. The van der Waals surface area contributed by atoms with Gasteiger partial charge in [-0.15, -0.1) is 0 Å². The van der Waals surface area contributed by atoms with Crippen LogP contribution >= 0.6 is 0 Å². The number of ether oxygens (including phenoxy) is 1. The lowest BCUT2D eigenvalue weighted by Gasteiger charge is -2.23. The van der Waals surface area contributed by atoms with Gasteiger partial charge in [0.15, 0.2) is 0 Å². The van der Waals surface area contributed by atoms with Crippen molar-refractivity contribution in [3.05, 3.63) is 52.7 Å². The fourth-order valence-corrected chi connectivity index (χ4v) is 3.02. The van der Waals surface area contributed by atoms with Crippen LogP contribution in [-0.2, 0) is 28.5 Å². The SMILES string of the molecule is N#Cc1c(C(F)(F)F)cc(C(F)(F)F)nc1NCC(=O)N1CCOCc2ccccc21. The number of halogens is 6. The Hall–Kier alpha value is -3.33. The van der Waals surface area contributed by atoms with Gasteiger partial charge in [-0.1, -0.05) is 18.2 Å². The van der Waals surface area contributed by atoms with E-state index >= 15 is 0 Å². The Labute approximate surface area is 172 Å². The molecule has 0 saturated heterocycles. The van der Waals surface area contributed by atoms with Gasteiger partial charge in [-0.3, -0.25) is 4.79 Å². The topological polar surface area (TPSA) is 78.2 Å². The van der Waals surface area contributed by atoms with Crippen molar-refractivity contribution >= 4 is 17.4 Å². The van der Waals surface area contributed by atoms with E-state index in [1.807, 2.05) is 0 Å². The molecule has 1 aromatic carbocycles. The fraction of sp³-hybridized carbons (Fsp3) is 0.316. The second-order valence-electron chi connectivity index (χ2n) is 6.47. The monoisotopic (exact) mass is 444 g/mol. The van der Waals surface area contributed by atoms with Crippen LogP contribution in [0.4, 0.5) is 37.8 Å². The zero-order valence-electron chi connectivity index (χ0n) is 15.6. The minimum atomic E-state index is -5.23. The lowest BCUT2D eigenvalue weighted by atomic mass is 10.1. The van der Waals surface area contributed by atoms with Crippen molar-refractivity contribution in [2.75, 3.05) is 29.9 Å². The third-order valence-electron chi connectivity index (χ3n) is 4.43. The number of fused-ring (bicyclic) bond motifs is 1. The Morgan fingerprint density at radius 1 is 1.19 bits per heavy atom. The highest BCUT2D eigenvalue weighted by Gasteiger charge is 2.41. The first-order valence-corrected chi connectivity index (χ1v) is 8.81. The zero-order valence-corrected chi connectivity index (χ0v) is 15.6. The molecule has 0 bridgehead atoms. The van der Waals surface area contributed by atoms with Gasteiger partial charge >= 0.3 is 12.4 Å². The summed E-state index contributed by atoms with van der Waals surface area (Å²) in [5, 5.41) is 11.3. The average Bonchev–Trinajstić information content (AvgIpc) is 2.92. The van der Waals surface area contributed by atoms with Crippen LogP contribution in [0.1, 0.15) is 22.4 Å². The zero-order chi connectivity index (χ0) is 22.8. The highest BCUT2D eigenvalue weighted by molar-refractivity contribution is 5.97. The Morgan fingerprint density at radius 3 is 2.55 bits per heavy atom. The van der Waals surface area contributed by atoms with Crippen molar-refractivity contribution in [2.45, 2.75) is 19.0 Å². The number of anilines is 2. The lowest BCUT2D eigenvalue weighted by Crippen LogP contribution is -2.37. The third-order valence-corrected chi connectivity index (χ3v) is 4.43. The highest BCUT2D eigenvalue weighted by Crippen LogP contribution is 2.38. The van der Waals surface area contributed by atoms with Crippen LogP contribution < -0.4 is 10.2 Å². The quantitative estimate of drug-likeness (QED) is 0.726. The number of carbonyl (C=O) groups excluding carboxylic acids is 1. The van der Waals surface area contributed by atoms with E-state index in [1.165, 1.54) is 11.0 Å². The lowest BCUT2D eigenvalue weighted by molar-refractivity contribution is -0.145. The van der Waals surface area contributed by atoms with E-state index in [2.05, 4.69) is 10.3 Å². The Balaban J connectivity index is 1.92. The molecule has 1 aliphatic heterocycles. The molecule has 6 nitrogen and oxygen atoms in total. The number of benzene rings is 1. The van der Waals surface area contributed by atoms with Crippen LogP contribution in [0.5, 0.6) is 0 Å². The number of hydrogen-bond donors (Lipinski definition) is 1. The van der Waals surface area contributed by atoms with Crippen molar-refractivity contribution in [1.29, 1.82) is 5.26 Å². The number of nitriles is 1. The van der Waals surface area contributed by atoms with Gasteiger partial charge in [0.2, 0.25) is 5.91 Å². The van der Waals surface area contributed by atoms with Gasteiger partial charge in [-0.05, 0) is 12.1 Å². The third kappa shape index (κ3) is 4.88. The predicted molar refractivity (Wildman–Crippen MR) is 95.9 cm³/mol. The number of nitrogens with zero attached hydrogens (tertiary/aromatic N) is 3. The molecule has 1 amide bonds. The van der Waals surface area contributed by atoms with E-state index in [1.54, 1.807) is 24.3 Å². The fourth-order valence-electron chi connectivity index (χ4n) is 3.02. The van der Waals surface area contributed by atoms with E-state index in [-0.39, 0.29) is 25.8 Å². The number of amides is 1. The number of rotatable bonds is 3. The Bertz CT molecular complexity index is 1030. The molecule has 2 aromatic rings. The number of alkyl halides is 6. The smallest absolute Gasteiger partial charge is 0.375 e. The van der Waals surface area contributed by atoms with Gasteiger partial charge in [0.05, 0.1) is 25.3 Å². The summed E-state index contributed by atoms with van der Waals surface area (Å²) < 4.78 is 84.2. The number of carbonyl (C=O) groups is 1. The summed E-state index contributed by atoms with van der Waals surface area (Å²) >= 11 is 0. The maximum atomic E-state index is 13.2. The molecule has 0 spiro atoms. The van der Waals surface area contributed by atoms with Crippen LogP contribution in [0.3, 0.4) is 0 Å². The summed E-state index contributed by atoms with van der Waals surface area (Å²) in [6.07, 6.45) is -10.4. The Kier molecular flexibility index (Phi) is 6.08. The molecule has 3 rings (SSSR count). The number of nitrogens with one attached hydrogen (secondary N) is 1. The van der Waals surface area contributed by atoms with Gasteiger partial charge in [-0.25, -0.2) is 4.98 Å². The van der Waals surface area contributed by atoms with Gasteiger partial charge < -0.3 is 15.0 Å². The number of para-hydroxylation sites is 1.